The lowest BCUT2D eigenvalue weighted by Crippen LogP contribution is -2.38. The molecule has 1 amide bonds. The molecule has 0 aromatic heterocycles. The first-order valence-electron chi connectivity index (χ1n) is 5.86. The summed E-state index contributed by atoms with van der Waals surface area (Å²) in [6.45, 7) is 6.82. The van der Waals surface area contributed by atoms with Crippen molar-refractivity contribution < 1.29 is 9.53 Å². The van der Waals surface area contributed by atoms with Crippen LogP contribution in [0.5, 0.6) is 0 Å². The summed E-state index contributed by atoms with van der Waals surface area (Å²) < 4.78 is 5.02. The molecule has 0 aromatic rings. The fraction of sp³-hybridized carbons (Fsp3) is 0.909. The van der Waals surface area contributed by atoms with Crippen LogP contribution in [-0.2, 0) is 9.53 Å². The van der Waals surface area contributed by atoms with Gasteiger partial charge >= 0.3 is 0 Å². The third-order valence-electron chi connectivity index (χ3n) is 2.63. The molecule has 0 aliphatic heterocycles. The van der Waals surface area contributed by atoms with E-state index in [4.69, 9.17) is 10.5 Å². The van der Waals surface area contributed by atoms with E-state index in [1.807, 2.05) is 0 Å². The molecule has 0 bridgehead atoms. The summed E-state index contributed by atoms with van der Waals surface area (Å²) in [5.41, 5.74) is 5.24. The third-order valence-corrected chi connectivity index (χ3v) is 2.63. The second kappa shape index (κ2) is 9.57. The Morgan fingerprint density at radius 3 is 2.81 bits per heavy atom. The number of likely N-dealkylation sites (N-methyl/N-ethyl adjacent to an activating group) is 1. The third kappa shape index (κ3) is 7.62. The maximum absolute atomic E-state index is 11.2. The van der Waals surface area contributed by atoms with Crippen LogP contribution < -0.4 is 11.1 Å². The minimum Gasteiger partial charge on any atom is -0.370 e. The maximum atomic E-state index is 11.2. The topological polar surface area (TPSA) is 67.6 Å². The predicted octanol–water partition coefficient (Wildman–Crippen LogP) is -0.192. The lowest BCUT2D eigenvalue weighted by molar-refractivity contribution is -0.125. The number of carbonyl (C=O) groups excluding carboxylic acids is 1. The Balaban J connectivity index is 3.46. The van der Waals surface area contributed by atoms with Crippen LogP contribution in [0.25, 0.3) is 0 Å². The highest BCUT2D eigenvalue weighted by Gasteiger charge is 2.06. The van der Waals surface area contributed by atoms with Crippen molar-refractivity contribution in [1.82, 2.24) is 10.2 Å². The van der Waals surface area contributed by atoms with Crippen LogP contribution in [0.4, 0.5) is 0 Å². The van der Waals surface area contributed by atoms with Gasteiger partial charge in [0.25, 0.3) is 0 Å². The SMILES string of the molecule is CCC(C)N(C)CCNC(=O)COCCN. The first-order valence-corrected chi connectivity index (χ1v) is 5.86. The number of hydrogen-bond acceptors (Lipinski definition) is 4. The van der Waals surface area contributed by atoms with E-state index in [0.29, 0.717) is 25.7 Å². The van der Waals surface area contributed by atoms with Gasteiger partial charge in [-0.05, 0) is 20.4 Å². The minimum atomic E-state index is -0.0778. The van der Waals surface area contributed by atoms with Gasteiger partial charge < -0.3 is 20.7 Å². The average Bonchev–Trinajstić information content (AvgIpc) is 2.28. The van der Waals surface area contributed by atoms with Crippen molar-refractivity contribution in [3.8, 4) is 0 Å². The molecule has 16 heavy (non-hydrogen) atoms. The Morgan fingerprint density at radius 1 is 1.56 bits per heavy atom. The second-order valence-electron chi connectivity index (χ2n) is 3.93. The van der Waals surface area contributed by atoms with E-state index < -0.39 is 0 Å². The molecule has 0 aromatic carbocycles. The molecule has 0 saturated heterocycles. The van der Waals surface area contributed by atoms with Crippen LogP contribution in [0.2, 0.25) is 0 Å². The maximum Gasteiger partial charge on any atom is 0.246 e. The van der Waals surface area contributed by atoms with Crippen molar-refractivity contribution in [2.24, 2.45) is 5.73 Å². The van der Waals surface area contributed by atoms with E-state index in [9.17, 15) is 4.79 Å². The first-order chi connectivity index (χ1) is 7.61. The second-order valence-corrected chi connectivity index (χ2v) is 3.93. The lowest BCUT2D eigenvalue weighted by Gasteiger charge is -2.23. The molecule has 1 unspecified atom stereocenters. The molecule has 5 nitrogen and oxygen atoms in total. The molecule has 0 spiro atoms. The summed E-state index contributed by atoms with van der Waals surface area (Å²) in [6.07, 6.45) is 1.12. The molecule has 0 fully saturated rings. The number of amides is 1. The summed E-state index contributed by atoms with van der Waals surface area (Å²) >= 11 is 0. The molecular weight excluding hydrogens is 206 g/mol. The quantitative estimate of drug-likeness (QED) is 0.540. The summed E-state index contributed by atoms with van der Waals surface area (Å²) in [5.74, 6) is -0.0778. The molecule has 0 aliphatic rings. The van der Waals surface area contributed by atoms with E-state index >= 15 is 0 Å². The van der Waals surface area contributed by atoms with Crippen molar-refractivity contribution in [2.45, 2.75) is 26.3 Å². The number of carbonyl (C=O) groups is 1. The predicted molar refractivity (Wildman–Crippen MR) is 65.3 cm³/mol. The standard InChI is InChI=1S/C11H25N3O2/c1-4-10(2)14(3)7-6-13-11(15)9-16-8-5-12/h10H,4-9,12H2,1-3H3,(H,13,15). The van der Waals surface area contributed by atoms with E-state index in [1.165, 1.54) is 0 Å². The summed E-state index contributed by atoms with van der Waals surface area (Å²) in [6, 6.07) is 0.547. The molecule has 0 heterocycles. The van der Waals surface area contributed by atoms with E-state index in [2.05, 4.69) is 31.1 Å². The molecule has 0 saturated carbocycles. The van der Waals surface area contributed by atoms with Gasteiger partial charge in [-0.1, -0.05) is 6.92 Å². The van der Waals surface area contributed by atoms with Crippen LogP contribution in [0, 0.1) is 0 Å². The molecule has 0 aliphatic carbocycles. The van der Waals surface area contributed by atoms with Crippen molar-refractivity contribution in [2.75, 3.05) is 39.9 Å². The van der Waals surface area contributed by atoms with Gasteiger partial charge in [-0.25, -0.2) is 0 Å². The Bertz CT molecular complexity index is 188. The molecule has 96 valence electrons. The van der Waals surface area contributed by atoms with E-state index in [-0.39, 0.29) is 12.5 Å². The van der Waals surface area contributed by atoms with Gasteiger partial charge in [-0.3, -0.25) is 4.79 Å². The normalized spacial score (nSPS) is 12.8. The van der Waals surface area contributed by atoms with Crippen LogP contribution >= 0.6 is 0 Å². The van der Waals surface area contributed by atoms with Crippen molar-refractivity contribution in [3.05, 3.63) is 0 Å². The molecule has 0 rings (SSSR count). The number of nitrogens with two attached hydrogens (primary N) is 1. The zero-order valence-corrected chi connectivity index (χ0v) is 10.7. The number of rotatable bonds is 9. The fourth-order valence-corrected chi connectivity index (χ4v) is 1.20. The van der Waals surface area contributed by atoms with Crippen LogP contribution in [0.1, 0.15) is 20.3 Å². The lowest BCUT2D eigenvalue weighted by atomic mass is 10.2. The Labute approximate surface area is 98.3 Å². The van der Waals surface area contributed by atoms with Crippen molar-refractivity contribution >= 4 is 5.91 Å². The Hall–Kier alpha value is -0.650. The Morgan fingerprint density at radius 2 is 2.25 bits per heavy atom. The van der Waals surface area contributed by atoms with Crippen LogP contribution in [0.15, 0.2) is 0 Å². The first kappa shape index (κ1) is 15.3. The minimum absolute atomic E-state index is 0.0778. The highest BCUT2D eigenvalue weighted by molar-refractivity contribution is 5.77. The summed E-state index contributed by atoms with van der Waals surface area (Å²) in [4.78, 5) is 13.5. The molecule has 5 heteroatoms. The zero-order chi connectivity index (χ0) is 12.4. The number of hydrogen-bond donors (Lipinski definition) is 2. The largest absolute Gasteiger partial charge is 0.370 e. The molecule has 0 radical (unpaired) electrons. The molecule has 1 atom stereocenters. The van der Waals surface area contributed by atoms with E-state index in [0.717, 1.165) is 13.0 Å². The summed E-state index contributed by atoms with van der Waals surface area (Å²) in [7, 11) is 2.06. The van der Waals surface area contributed by atoms with Gasteiger partial charge in [-0.2, -0.15) is 0 Å². The number of ether oxygens (including phenoxy) is 1. The average molecular weight is 231 g/mol. The zero-order valence-electron chi connectivity index (χ0n) is 10.7. The van der Waals surface area contributed by atoms with Gasteiger partial charge in [-0.15, -0.1) is 0 Å². The van der Waals surface area contributed by atoms with Crippen molar-refractivity contribution in [3.63, 3.8) is 0 Å². The van der Waals surface area contributed by atoms with E-state index in [1.54, 1.807) is 0 Å². The number of nitrogens with one attached hydrogen (secondary N) is 1. The van der Waals surface area contributed by atoms with Gasteiger partial charge in [0.2, 0.25) is 5.91 Å². The summed E-state index contributed by atoms with van der Waals surface area (Å²) in [5, 5.41) is 2.81. The van der Waals surface area contributed by atoms with Gasteiger partial charge in [0.1, 0.15) is 6.61 Å². The van der Waals surface area contributed by atoms with Crippen LogP contribution in [0.3, 0.4) is 0 Å². The smallest absolute Gasteiger partial charge is 0.246 e. The van der Waals surface area contributed by atoms with Crippen molar-refractivity contribution in [1.29, 1.82) is 0 Å². The van der Waals surface area contributed by atoms with Gasteiger partial charge in [0.15, 0.2) is 0 Å². The monoisotopic (exact) mass is 231 g/mol. The Kier molecular flexibility index (Phi) is 9.18. The highest BCUT2D eigenvalue weighted by atomic mass is 16.5. The van der Waals surface area contributed by atoms with Crippen LogP contribution in [-0.4, -0.2) is 56.7 Å². The molecule has 3 N–H and O–H groups in total. The molecular formula is C11H25N3O2. The van der Waals surface area contributed by atoms with Gasteiger partial charge in [0.05, 0.1) is 6.61 Å². The highest BCUT2D eigenvalue weighted by Crippen LogP contribution is 1.97. The fourth-order valence-electron chi connectivity index (χ4n) is 1.20. The van der Waals surface area contributed by atoms with Gasteiger partial charge in [0, 0.05) is 25.7 Å². The number of nitrogens with zero attached hydrogens (tertiary/aromatic N) is 1.